The summed E-state index contributed by atoms with van der Waals surface area (Å²) in [7, 11) is 0. The number of H-pyrrole nitrogens is 1. The topological polar surface area (TPSA) is 42.1 Å². The fourth-order valence-corrected chi connectivity index (χ4v) is 1.96. The number of alkyl halides is 2. The van der Waals surface area contributed by atoms with Crippen molar-refractivity contribution in [3.8, 4) is 0 Å². The molecule has 1 heterocycles. The van der Waals surface area contributed by atoms with Gasteiger partial charge in [-0.1, -0.05) is 0 Å². The third kappa shape index (κ3) is 1.81. The maximum absolute atomic E-state index is 13.5. The van der Waals surface area contributed by atoms with Gasteiger partial charge in [0.15, 0.2) is 0 Å². The molecule has 1 aliphatic rings. The zero-order valence-electron chi connectivity index (χ0n) is 8.98. The van der Waals surface area contributed by atoms with E-state index in [1.54, 1.807) is 6.92 Å². The average Bonchev–Trinajstić information content (AvgIpc) is 2.63. The van der Waals surface area contributed by atoms with Crippen molar-refractivity contribution in [2.45, 2.75) is 32.1 Å². The molecule has 0 radical (unpaired) electrons. The number of halogens is 2. The molecule has 0 unspecified atom stereocenters. The Bertz CT molecular complexity index is 412. The molecule has 0 spiro atoms. The van der Waals surface area contributed by atoms with Crippen LogP contribution in [0.25, 0.3) is 0 Å². The number of aromatic amines is 1. The van der Waals surface area contributed by atoms with E-state index < -0.39 is 11.9 Å². The van der Waals surface area contributed by atoms with E-state index in [-0.39, 0.29) is 24.3 Å². The van der Waals surface area contributed by atoms with Gasteiger partial charge in [0.05, 0.1) is 6.61 Å². The number of hydrogen-bond acceptors (Lipinski definition) is 2. The highest BCUT2D eigenvalue weighted by Gasteiger charge is 2.38. The highest BCUT2D eigenvalue weighted by atomic mass is 19.3. The molecule has 1 aromatic rings. The van der Waals surface area contributed by atoms with Gasteiger partial charge in [0, 0.05) is 17.7 Å². The summed E-state index contributed by atoms with van der Waals surface area (Å²) in [5, 5.41) is 0. The van der Waals surface area contributed by atoms with Crippen molar-refractivity contribution in [3.63, 3.8) is 0 Å². The van der Waals surface area contributed by atoms with Crippen molar-refractivity contribution in [1.29, 1.82) is 0 Å². The lowest BCUT2D eigenvalue weighted by atomic mass is 9.94. The van der Waals surface area contributed by atoms with Crippen LogP contribution in [0.15, 0.2) is 6.07 Å². The molecule has 5 heteroatoms. The van der Waals surface area contributed by atoms with E-state index in [9.17, 15) is 13.6 Å². The molecule has 0 saturated heterocycles. The molecule has 1 aromatic heterocycles. The first-order valence-electron chi connectivity index (χ1n) is 5.32. The molecule has 1 aliphatic carbocycles. The van der Waals surface area contributed by atoms with E-state index in [0.717, 1.165) is 0 Å². The van der Waals surface area contributed by atoms with E-state index in [2.05, 4.69) is 4.98 Å². The maximum atomic E-state index is 13.5. The van der Waals surface area contributed by atoms with Gasteiger partial charge in [-0.25, -0.2) is 13.6 Å². The van der Waals surface area contributed by atoms with Crippen LogP contribution in [0, 0.1) is 0 Å². The Labute approximate surface area is 91.8 Å². The lowest BCUT2D eigenvalue weighted by Crippen LogP contribution is -2.19. The van der Waals surface area contributed by atoms with Crippen LogP contribution in [0.5, 0.6) is 0 Å². The minimum absolute atomic E-state index is 0.0539. The second kappa shape index (κ2) is 3.88. The molecule has 88 valence electrons. The van der Waals surface area contributed by atoms with Gasteiger partial charge in [-0.2, -0.15) is 0 Å². The predicted molar refractivity (Wildman–Crippen MR) is 53.6 cm³/mol. The number of aromatic nitrogens is 1. The monoisotopic (exact) mass is 229 g/mol. The van der Waals surface area contributed by atoms with Crippen LogP contribution in [0.3, 0.4) is 0 Å². The van der Waals surface area contributed by atoms with Crippen LogP contribution in [0.4, 0.5) is 8.78 Å². The number of fused-ring (bicyclic) bond motifs is 1. The van der Waals surface area contributed by atoms with Crippen LogP contribution >= 0.6 is 0 Å². The van der Waals surface area contributed by atoms with Crippen LogP contribution in [0.2, 0.25) is 0 Å². The molecule has 16 heavy (non-hydrogen) atoms. The van der Waals surface area contributed by atoms with Gasteiger partial charge in [-0.05, 0) is 25.8 Å². The number of hydrogen-bond donors (Lipinski definition) is 1. The van der Waals surface area contributed by atoms with Gasteiger partial charge >= 0.3 is 5.97 Å². The summed E-state index contributed by atoms with van der Waals surface area (Å²) in [6, 6.07) is 1.21. The van der Waals surface area contributed by atoms with Crippen molar-refractivity contribution in [2.24, 2.45) is 0 Å². The first kappa shape index (κ1) is 11.1. The Morgan fingerprint density at radius 2 is 2.38 bits per heavy atom. The van der Waals surface area contributed by atoms with Gasteiger partial charge in [0.25, 0.3) is 5.92 Å². The number of carbonyl (C=O) groups excluding carboxylic acids is 1. The van der Waals surface area contributed by atoms with Crippen LogP contribution < -0.4 is 0 Å². The van der Waals surface area contributed by atoms with Crippen molar-refractivity contribution in [1.82, 2.24) is 4.98 Å². The summed E-state index contributed by atoms with van der Waals surface area (Å²) >= 11 is 0. The molecule has 0 bridgehead atoms. The maximum Gasteiger partial charge on any atom is 0.354 e. The van der Waals surface area contributed by atoms with Gasteiger partial charge in [-0.15, -0.1) is 0 Å². The molecule has 0 amide bonds. The highest BCUT2D eigenvalue weighted by Crippen LogP contribution is 2.40. The fourth-order valence-electron chi connectivity index (χ4n) is 1.96. The summed E-state index contributed by atoms with van der Waals surface area (Å²) in [6.07, 6.45) is 0.841. The predicted octanol–water partition coefficient (Wildman–Crippen LogP) is 2.62. The molecule has 0 aromatic carbocycles. The Morgan fingerprint density at radius 1 is 1.62 bits per heavy atom. The first-order chi connectivity index (χ1) is 7.54. The molecular weight excluding hydrogens is 216 g/mol. The van der Waals surface area contributed by atoms with Gasteiger partial charge in [0.1, 0.15) is 5.69 Å². The molecule has 2 rings (SSSR count). The SMILES string of the molecule is CCOC(=O)c1cc2c([nH]1)CCCC2(F)F. The van der Waals surface area contributed by atoms with Crippen LogP contribution in [-0.4, -0.2) is 17.6 Å². The largest absolute Gasteiger partial charge is 0.461 e. The molecule has 0 saturated carbocycles. The Morgan fingerprint density at radius 3 is 3.00 bits per heavy atom. The summed E-state index contributed by atoms with van der Waals surface area (Å²) in [6.45, 7) is 1.91. The second-order valence-electron chi connectivity index (χ2n) is 3.85. The smallest absolute Gasteiger partial charge is 0.354 e. The number of aryl methyl sites for hydroxylation is 1. The highest BCUT2D eigenvalue weighted by molar-refractivity contribution is 5.88. The quantitative estimate of drug-likeness (QED) is 0.792. The van der Waals surface area contributed by atoms with E-state index in [0.29, 0.717) is 18.5 Å². The van der Waals surface area contributed by atoms with Crippen molar-refractivity contribution < 1.29 is 18.3 Å². The van der Waals surface area contributed by atoms with Crippen molar-refractivity contribution >= 4 is 5.97 Å². The Balaban J connectivity index is 2.33. The summed E-state index contributed by atoms with van der Waals surface area (Å²) in [5.41, 5.74) is 0.523. The number of nitrogens with one attached hydrogen (secondary N) is 1. The van der Waals surface area contributed by atoms with Crippen LogP contribution in [0.1, 0.15) is 41.5 Å². The molecule has 0 fully saturated rings. The third-order valence-corrected chi connectivity index (χ3v) is 2.71. The Hall–Kier alpha value is -1.39. The van der Waals surface area contributed by atoms with Gasteiger partial charge in [0.2, 0.25) is 0 Å². The van der Waals surface area contributed by atoms with Crippen molar-refractivity contribution in [2.75, 3.05) is 6.61 Å². The normalized spacial score (nSPS) is 17.9. The van der Waals surface area contributed by atoms with E-state index in [1.807, 2.05) is 0 Å². The molecule has 3 nitrogen and oxygen atoms in total. The standard InChI is InChI=1S/C11H13F2NO2/c1-2-16-10(15)9-6-7-8(14-9)4-3-5-11(7,12)13/h6,14H,2-5H2,1H3. The van der Waals surface area contributed by atoms with E-state index in [4.69, 9.17) is 4.74 Å². The number of rotatable bonds is 2. The average molecular weight is 229 g/mol. The lowest BCUT2D eigenvalue weighted by molar-refractivity contribution is -0.0216. The molecule has 0 aliphatic heterocycles. The lowest BCUT2D eigenvalue weighted by Gasteiger charge is -2.21. The molecule has 1 N–H and O–H groups in total. The van der Waals surface area contributed by atoms with E-state index in [1.165, 1.54) is 6.07 Å². The zero-order valence-corrected chi connectivity index (χ0v) is 8.98. The zero-order chi connectivity index (χ0) is 11.8. The third-order valence-electron chi connectivity index (χ3n) is 2.71. The molecular formula is C11H13F2NO2. The fraction of sp³-hybridized carbons (Fsp3) is 0.545. The van der Waals surface area contributed by atoms with Crippen LogP contribution in [-0.2, 0) is 17.1 Å². The van der Waals surface area contributed by atoms with Crippen molar-refractivity contribution in [3.05, 3.63) is 23.0 Å². The second-order valence-corrected chi connectivity index (χ2v) is 3.85. The summed E-state index contributed by atoms with van der Waals surface area (Å²) in [4.78, 5) is 14.1. The van der Waals surface area contributed by atoms with Gasteiger partial charge in [-0.3, -0.25) is 0 Å². The minimum atomic E-state index is -2.82. The molecule has 0 atom stereocenters. The minimum Gasteiger partial charge on any atom is -0.461 e. The summed E-state index contributed by atoms with van der Waals surface area (Å²) < 4.78 is 31.7. The van der Waals surface area contributed by atoms with E-state index >= 15 is 0 Å². The number of esters is 1. The first-order valence-corrected chi connectivity index (χ1v) is 5.32. The summed E-state index contributed by atoms with van der Waals surface area (Å²) in [5.74, 6) is -3.40. The number of carbonyl (C=O) groups is 1. The van der Waals surface area contributed by atoms with Gasteiger partial charge < -0.3 is 9.72 Å². The Kier molecular flexibility index (Phi) is 2.69. The number of ether oxygens (including phenoxy) is 1.